The third-order valence-corrected chi connectivity index (χ3v) is 6.15. The van der Waals surface area contributed by atoms with Gasteiger partial charge in [0.05, 0.1) is 18.4 Å². The van der Waals surface area contributed by atoms with Crippen molar-refractivity contribution in [2.75, 3.05) is 0 Å². The number of furan rings is 2. The van der Waals surface area contributed by atoms with Crippen molar-refractivity contribution < 1.29 is 13.4 Å². The minimum Gasteiger partial charge on any atom is -0.468 e. The maximum absolute atomic E-state index is 6.01. The number of nitrogens with zero attached hydrogens (tertiary/aromatic N) is 1. The van der Waals surface area contributed by atoms with Gasteiger partial charge < -0.3 is 8.83 Å². The molecule has 1 aromatic carbocycles. The second kappa shape index (κ2) is 4.98. The van der Waals surface area contributed by atoms with Crippen LogP contribution in [0.3, 0.4) is 0 Å². The molecule has 0 fully saturated rings. The standard InChI is InChI=1S/C23H18NO2/c1-2-8-17-16(7-1)19-15-23(20-10-5-13-25-20,21-11-6-14-26-21)22(17)18-9-3-4-12-24(18)19/h1-14,19,22H,15H2/q+1/t19-,22+/m1/s1. The van der Waals surface area contributed by atoms with Crippen LogP contribution in [0.5, 0.6) is 0 Å². The van der Waals surface area contributed by atoms with E-state index < -0.39 is 0 Å². The van der Waals surface area contributed by atoms with Crippen LogP contribution in [0.1, 0.15) is 46.7 Å². The van der Waals surface area contributed by atoms with Crippen LogP contribution in [0.15, 0.2) is 94.3 Å². The molecule has 3 nitrogen and oxygen atoms in total. The molecule has 126 valence electrons. The predicted molar refractivity (Wildman–Crippen MR) is 95.9 cm³/mol. The van der Waals surface area contributed by atoms with Gasteiger partial charge in [-0.25, -0.2) is 0 Å². The zero-order valence-corrected chi connectivity index (χ0v) is 14.2. The van der Waals surface area contributed by atoms with Crippen LogP contribution < -0.4 is 4.57 Å². The number of pyridine rings is 1. The lowest BCUT2D eigenvalue weighted by Crippen LogP contribution is -2.59. The second-order valence-electron chi connectivity index (χ2n) is 7.24. The summed E-state index contributed by atoms with van der Waals surface area (Å²) >= 11 is 0. The van der Waals surface area contributed by atoms with Crippen molar-refractivity contribution in [3.8, 4) is 0 Å². The smallest absolute Gasteiger partial charge is 0.190 e. The predicted octanol–water partition coefficient (Wildman–Crippen LogP) is 4.58. The van der Waals surface area contributed by atoms with Crippen molar-refractivity contribution in [3.05, 3.63) is 114 Å². The van der Waals surface area contributed by atoms with Gasteiger partial charge in [0, 0.05) is 24.1 Å². The van der Waals surface area contributed by atoms with Crippen molar-refractivity contribution in [2.24, 2.45) is 0 Å². The number of hydrogen-bond donors (Lipinski definition) is 0. The molecule has 7 rings (SSSR count). The zero-order chi connectivity index (χ0) is 17.1. The van der Waals surface area contributed by atoms with Gasteiger partial charge in [0.2, 0.25) is 0 Å². The fourth-order valence-corrected chi connectivity index (χ4v) is 5.21. The lowest BCUT2D eigenvalue weighted by molar-refractivity contribution is -0.732. The first-order valence-corrected chi connectivity index (χ1v) is 9.06. The average Bonchev–Trinajstić information content (AvgIpc) is 3.42. The topological polar surface area (TPSA) is 30.2 Å². The molecule has 2 atom stereocenters. The fraction of sp³-hybridized carbons (Fsp3) is 0.174. The molecular weight excluding hydrogens is 322 g/mol. The van der Waals surface area contributed by atoms with E-state index in [9.17, 15) is 0 Å². The quantitative estimate of drug-likeness (QED) is 0.500. The summed E-state index contributed by atoms with van der Waals surface area (Å²) in [5, 5.41) is 0. The number of fused-ring (bicyclic) bond motifs is 1. The molecule has 0 saturated carbocycles. The molecule has 0 spiro atoms. The Morgan fingerprint density at radius 2 is 1.46 bits per heavy atom. The van der Waals surface area contributed by atoms with Crippen LogP contribution in [0.4, 0.5) is 0 Å². The van der Waals surface area contributed by atoms with Crippen LogP contribution >= 0.6 is 0 Å². The highest BCUT2D eigenvalue weighted by atomic mass is 16.3. The molecule has 26 heavy (non-hydrogen) atoms. The molecule has 2 aliphatic heterocycles. The molecule has 0 saturated heterocycles. The molecule has 2 bridgehead atoms. The first-order valence-electron chi connectivity index (χ1n) is 9.06. The zero-order valence-electron chi connectivity index (χ0n) is 14.2. The van der Waals surface area contributed by atoms with Crippen LogP contribution in [-0.2, 0) is 5.41 Å². The Kier molecular flexibility index (Phi) is 2.71. The Morgan fingerprint density at radius 1 is 0.769 bits per heavy atom. The van der Waals surface area contributed by atoms with Gasteiger partial charge in [-0.15, -0.1) is 0 Å². The fourth-order valence-electron chi connectivity index (χ4n) is 5.21. The van der Waals surface area contributed by atoms with Gasteiger partial charge >= 0.3 is 0 Å². The summed E-state index contributed by atoms with van der Waals surface area (Å²) in [6, 6.07) is 23.7. The van der Waals surface area contributed by atoms with E-state index in [-0.39, 0.29) is 17.4 Å². The summed E-state index contributed by atoms with van der Waals surface area (Å²) in [7, 11) is 0. The van der Waals surface area contributed by atoms with E-state index in [0.717, 1.165) is 17.9 Å². The van der Waals surface area contributed by atoms with Crippen LogP contribution in [0.25, 0.3) is 0 Å². The van der Waals surface area contributed by atoms with Crippen molar-refractivity contribution >= 4 is 0 Å². The van der Waals surface area contributed by atoms with Crippen LogP contribution in [0, 0.1) is 0 Å². The van der Waals surface area contributed by atoms with Gasteiger partial charge in [-0.2, -0.15) is 4.57 Å². The summed E-state index contributed by atoms with van der Waals surface area (Å²) in [5.74, 6) is 2.11. The van der Waals surface area contributed by atoms with Gasteiger partial charge in [0.1, 0.15) is 16.9 Å². The highest BCUT2D eigenvalue weighted by Crippen LogP contribution is 2.59. The van der Waals surface area contributed by atoms with Crippen molar-refractivity contribution in [1.82, 2.24) is 0 Å². The first-order chi connectivity index (χ1) is 12.9. The summed E-state index contributed by atoms with van der Waals surface area (Å²) < 4.78 is 14.5. The lowest BCUT2D eigenvalue weighted by atomic mass is 9.56. The van der Waals surface area contributed by atoms with E-state index in [2.05, 4.69) is 65.4 Å². The molecule has 3 aromatic heterocycles. The number of hydrogen-bond acceptors (Lipinski definition) is 2. The van der Waals surface area contributed by atoms with Gasteiger partial charge in [-0.1, -0.05) is 30.3 Å². The molecule has 0 radical (unpaired) electrons. The van der Waals surface area contributed by atoms with Crippen molar-refractivity contribution in [1.29, 1.82) is 0 Å². The van der Waals surface area contributed by atoms with Crippen molar-refractivity contribution in [3.63, 3.8) is 0 Å². The molecule has 3 aliphatic rings. The van der Waals surface area contributed by atoms with E-state index in [1.807, 2.05) is 12.1 Å². The molecule has 0 unspecified atom stereocenters. The van der Waals surface area contributed by atoms with E-state index in [4.69, 9.17) is 8.83 Å². The Balaban J connectivity index is 1.73. The number of rotatable bonds is 2. The van der Waals surface area contributed by atoms with Gasteiger partial charge in [-0.3, -0.25) is 0 Å². The third kappa shape index (κ3) is 1.61. The molecule has 0 amide bonds. The van der Waals surface area contributed by atoms with Crippen molar-refractivity contribution in [2.45, 2.75) is 23.8 Å². The molecule has 1 aliphatic carbocycles. The Labute approximate surface area is 151 Å². The maximum atomic E-state index is 6.01. The maximum Gasteiger partial charge on any atom is 0.190 e. The highest BCUT2D eigenvalue weighted by molar-refractivity contribution is 5.51. The number of aromatic nitrogens is 1. The molecular formula is C23H18NO2+. The first kappa shape index (κ1) is 14.1. The van der Waals surface area contributed by atoms with Gasteiger partial charge in [0.15, 0.2) is 17.9 Å². The molecule has 5 heterocycles. The van der Waals surface area contributed by atoms with E-state index in [0.29, 0.717) is 0 Å². The summed E-state index contributed by atoms with van der Waals surface area (Å²) in [5.41, 5.74) is 3.78. The minimum atomic E-state index is -0.326. The summed E-state index contributed by atoms with van der Waals surface area (Å²) in [6.45, 7) is 0. The normalized spacial score (nSPS) is 22.0. The van der Waals surface area contributed by atoms with Gasteiger partial charge in [0.25, 0.3) is 0 Å². The third-order valence-electron chi connectivity index (χ3n) is 6.15. The number of benzene rings is 1. The Hall–Kier alpha value is -3.07. The lowest BCUT2D eigenvalue weighted by Gasteiger charge is -2.46. The SMILES string of the molecule is c1coc(C2(c3ccco3)C[C@@H]3c4ccccc4[C@H]2c2cccc[n+]23)c1. The summed E-state index contributed by atoms with van der Waals surface area (Å²) in [4.78, 5) is 0. The second-order valence-corrected chi connectivity index (χ2v) is 7.24. The van der Waals surface area contributed by atoms with E-state index in [1.54, 1.807) is 12.5 Å². The Morgan fingerprint density at radius 3 is 2.15 bits per heavy atom. The van der Waals surface area contributed by atoms with Crippen LogP contribution in [-0.4, -0.2) is 0 Å². The molecule has 0 N–H and O–H groups in total. The average molecular weight is 340 g/mol. The molecule has 3 heteroatoms. The highest BCUT2D eigenvalue weighted by Gasteiger charge is 2.62. The van der Waals surface area contributed by atoms with E-state index in [1.165, 1.54) is 16.8 Å². The van der Waals surface area contributed by atoms with Gasteiger partial charge in [-0.05, 0) is 29.8 Å². The van der Waals surface area contributed by atoms with Crippen LogP contribution in [0.2, 0.25) is 0 Å². The molecule has 4 aromatic rings. The monoisotopic (exact) mass is 340 g/mol. The summed E-state index contributed by atoms with van der Waals surface area (Å²) in [6.07, 6.45) is 6.68. The largest absolute Gasteiger partial charge is 0.468 e. The van der Waals surface area contributed by atoms with E-state index >= 15 is 0 Å². The Bertz CT molecular complexity index is 997. The minimum absolute atomic E-state index is 0.155.